The molecule has 4 heteroatoms. The zero-order valence-corrected chi connectivity index (χ0v) is 12.0. The van der Waals surface area contributed by atoms with Crippen molar-refractivity contribution >= 4 is 5.91 Å². The van der Waals surface area contributed by atoms with Gasteiger partial charge in [0.1, 0.15) is 11.6 Å². The summed E-state index contributed by atoms with van der Waals surface area (Å²) in [6.07, 6.45) is 4.37. The second-order valence-electron chi connectivity index (χ2n) is 5.94. The van der Waals surface area contributed by atoms with E-state index in [1.165, 1.54) is 18.6 Å². The third kappa shape index (κ3) is 3.30. The van der Waals surface area contributed by atoms with E-state index in [9.17, 15) is 14.3 Å². The van der Waals surface area contributed by atoms with Gasteiger partial charge >= 0.3 is 0 Å². The van der Waals surface area contributed by atoms with Gasteiger partial charge in [-0.2, -0.15) is 0 Å². The van der Waals surface area contributed by atoms with Crippen molar-refractivity contribution in [1.82, 2.24) is 5.32 Å². The minimum Gasteiger partial charge on any atom is -0.508 e. The minimum absolute atomic E-state index is 0.00382. The van der Waals surface area contributed by atoms with Crippen LogP contribution < -0.4 is 5.32 Å². The summed E-state index contributed by atoms with van der Waals surface area (Å²) in [7, 11) is 0. The van der Waals surface area contributed by atoms with Crippen molar-refractivity contribution in [3.8, 4) is 5.75 Å². The molecule has 0 aliphatic heterocycles. The van der Waals surface area contributed by atoms with Gasteiger partial charge in [0, 0.05) is 12.1 Å². The topological polar surface area (TPSA) is 49.3 Å². The number of halogens is 1. The fraction of sp³-hybridized carbons (Fsp3) is 0.562. The first-order chi connectivity index (χ1) is 9.49. The van der Waals surface area contributed by atoms with Crippen molar-refractivity contribution < 1.29 is 14.3 Å². The lowest BCUT2D eigenvalue weighted by molar-refractivity contribution is 0.0885. The highest BCUT2D eigenvalue weighted by Crippen LogP contribution is 2.30. The van der Waals surface area contributed by atoms with Crippen LogP contribution >= 0.6 is 0 Å². The van der Waals surface area contributed by atoms with Crippen LogP contribution in [0.1, 0.15) is 49.9 Å². The van der Waals surface area contributed by atoms with Crippen LogP contribution in [-0.4, -0.2) is 17.1 Å². The first-order valence-electron chi connectivity index (χ1n) is 7.28. The molecule has 0 radical (unpaired) electrons. The van der Waals surface area contributed by atoms with Crippen LogP contribution in [0.4, 0.5) is 4.39 Å². The zero-order valence-electron chi connectivity index (χ0n) is 12.0. The SMILES string of the molecule is CC(C)C1CCCCC1NC(=O)c1ccc(O)cc1F. The van der Waals surface area contributed by atoms with Crippen LogP contribution in [0.15, 0.2) is 18.2 Å². The Bertz CT molecular complexity index is 487. The van der Waals surface area contributed by atoms with E-state index in [0.717, 1.165) is 25.3 Å². The molecule has 2 N–H and O–H groups in total. The van der Waals surface area contributed by atoms with Crippen molar-refractivity contribution in [3.63, 3.8) is 0 Å². The molecule has 20 heavy (non-hydrogen) atoms. The van der Waals surface area contributed by atoms with Crippen LogP contribution in [0, 0.1) is 17.7 Å². The molecule has 1 aliphatic rings. The fourth-order valence-corrected chi connectivity index (χ4v) is 3.07. The molecule has 0 heterocycles. The standard InChI is InChI=1S/C16H22FNO2/c1-10(2)12-5-3-4-6-15(12)18-16(20)13-8-7-11(19)9-14(13)17/h7-10,12,15,19H,3-6H2,1-2H3,(H,18,20). The summed E-state index contributed by atoms with van der Waals surface area (Å²) in [6.45, 7) is 4.33. The van der Waals surface area contributed by atoms with E-state index in [2.05, 4.69) is 19.2 Å². The van der Waals surface area contributed by atoms with Crippen LogP contribution in [0.3, 0.4) is 0 Å². The fourth-order valence-electron chi connectivity index (χ4n) is 3.07. The molecule has 1 aromatic rings. The highest BCUT2D eigenvalue weighted by molar-refractivity contribution is 5.94. The normalized spacial score (nSPS) is 22.8. The molecule has 1 aliphatic carbocycles. The maximum absolute atomic E-state index is 13.7. The van der Waals surface area contributed by atoms with Gasteiger partial charge < -0.3 is 10.4 Å². The molecule has 0 saturated heterocycles. The average Bonchev–Trinajstić information content (AvgIpc) is 2.38. The first-order valence-corrected chi connectivity index (χ1v) is 7.28. The summed E-state index contributed by atoms with van der Waals surface area (Å²) in [4.78, 5) is 12.2. The Morgan fingerprint density at radius 2 is 2.05 bits per heavy atom. The van der Waals surface area contributed by atoms with E-state index in [1.807, 2.05) is 0 Å². The summed E-state index contributed by atoms with van der Waals surface area (Å²) in [6, 6.07) is 3.74. The largest absolute Gasteiger partial charge is 0.508 e. The van der Waals surface area contributed by atoms with E-state index >= 15 is 0 Å². The van der Waals surface area contributed by atoms with E-state index in [4.69, 9.17) is 0 Å². The third-order valence-electron chi connectivity index (χ3n) is 4.19. The van der Waals surface area contributed by atoms with Gasteiger partial charge in [0.25, 0.3) is 5.91 Å². The number of aromatic hydroxyl groups is 1. The van der Waals surface area contributed by atoms with Gasteiger partial charge in [-0.15, -0.1) is 0 Å². The van der Waals surface area contributed by atoms with Crippen molar-refractivity contribution in [2.75, 3.05) is 0 Å². The Kier molecular flexibility index (Phi) is 4.63. The molecule has 0 spiro atoms. The lowest BCUT2D eigenvalue weighted by Crippen LogP contribution is -2.44. The van der Waals surface area contributed by atoms with Crippen LogP contribution in [0.2, 0.25) is 0 Å². The maximum atomic E-state index is 13.7. The molecule has 1 aromatic carbocycles. The van der Waals surface area contributed by atoms with Crippen molar-refractivity contribution in [2.24, 2.45) is 11.8 Å². The lowest BCUT2D eigenvalue weighted by Gasteiger charge is -2.34. The van der Waals surface area contributed by atoms with E-state index in [1.54, 1.807) is 0 Å². The van der Waals surface area contributed by atoms with Gasteiger partial charge in [0.05, 0.1) is 5.56 Å². The number of carbonyl (C=O) groups is 1. The number of hydrogen-bond donors (Lipinski definition) is 2. The van der Waals surface area contributed by atoms with Crippen molar-refractivity contribution in [2.45, 2.75) is 45.6 Å². The highest BCUT2D eigenvalue weighted by Gasteiger charge is 2.29. The summed E-state index contributed by atoms with van der Waals surface area (Å²) < 4.78 is 13.7. The number of rotatable bonds is 3. The summed E-state index contributed by atoms with van der Waals surface area (Å²) >= 11 is 0. The molecule has 1 fully saturated rings. The Hall–Kier alpha value is -1.58. The van der Waals surface area contributed by atoms with Gasteiger partial charge in [-0.25, -0.2) is 4.39 Å². The summed E-state index contributed by atoms with van der Waals surface area (Å²) in [5.74, 6) is -0.283. The maximum Gasteiger partial charge on any atom is 0.254 e. The second kappa shape index (κ2) is 6.25. The Morgan fingerprint density at radius 3 is 2.70 bits per heavy atom. The quantitative estimate of drug-likeness (QED) is 0.890. The Balaban J connectivity index is 2.09. The van der Waals surface area contributed by atoms with Crippen molar-refractivity contribution in [3.05, 3.63) is 29.6 Å². The summed E-state index contributed by atoms with van der Waals surface area (Å²) in [5, 5.41) is 12.2. The molecule has 1 amide bonds. The predicted octanol–water partition coefficient (Wildman–Crippen LogP) is 3.48. The molecule has 0 aromatic heterocycles. The molecule has 110 valence electrons. The Morgan fingerprint density at radius 1 is 1.35 bits per heavy atom. The number of phenols is 1. The number of carbonyl (C=O) groups excluding carboxylic acids is 1. The van der Waals surface area contributed by atoms with Crippen molar-refractivity contribution in [1.29, 1.82) is 0 Å². The van der Waals surface area contributed by atoms with Gasteiger partial charge in [0.2, 0.25) is 0 Å². The molecule has 2 unspecified atom stereocenters. The molecule has 1 saturated carbocycles. The van der Waals surface area contributed by atoms with Gasteiger partial charge in [-0.05, 0) is 36.8 Å². The van der Waals surface area contributed by atoms with Crippen LogP contribution in [0.25, 0.3) is 0 Å². The molecular formula is C16H22FNO2. The van der Waals surface area contributed by atoms with Gasteiger partial charge in [-0.1, -0.05) is 26.7 Å². The minimum atomic E-state index is -0.681. The smallest absolute Gasteiger partial charge is 0.254 e. The van der Waals surface area contributed by atoms with E-state index in [-0.39, 0.29) is 23.3 Å². The lowest BCUT2D eigenvalue weighted by atomic mass is 9.78. The van der Waals surface area contributed by atoms with Gasteiger partial charge in [-0.3, -0.25) is 4.79 Å². The van der Waals surface area contributed by atoms with Crippen LogP contribution in [-0.2, 0) is 0 Å². The average molecular weight is 279 g/mol. The predicted molar refractivity (Wildman–Crippen MR) is 76.1 cm³/mol. The Labute approximate surface area is 119 Å². The zero-order chi connectivity index (χ0) is 14.7. The van der Waals surface area contributed by atoms with E-state index < -0.39 is 5.82 Å². The number of nitrogens with one attached hydrogen (secondary N) is 1. The van der Waals surface area contributed by atoms with Crippen LogP contribution in [0.5, 0.6) is 5.75 Å². The number of amides is 1. The first kappa shape index (κ1) is 14.8. The van der Waals surface area contributed by atoms with E-state index in [0.29, 0.717) is 11.8 Å². The highest BCUT2D eigenvalue weighted by atomic mass is 19.1. The van der Waals surface area contributed by atoms with Gasteiger partial charge in [0.15, 0.2) is 0 Å². The summed E-state index contributed by atoms with van der Waals surface area (Å²) in [5.41, 5.74) is -0.00382. The number of benzene rings is 1. The number of hydrogen-bond acceptors (Lipinski definition) is 2. The third-order valence-corrected chi connectivity index (χ3v) is 4.19. The molecule has 0 bridgehead atoms. The molecule has 2 atom stereocenters. The molecular weight excluding hydrogens is 257 g/mol. The molecule has 3 nitrogen and oxygen atoms in total. The molecule has 2 rings (SSSR count). The number of phenolic OH excluding ortho intramolecular Hbond substituents is 1. The second-order valence-corrected chi connectivity index (χ2v) is 5.94. The monoisotopic (exact) mass is 279 g/mol.